The van der Waals surface area contributed by atoms with E-state index < -0.39 is 0 Å². The fourth-order valence-corrected chi connectivity index (χ4v) is 3.73. The van der Waals surface area contributed by atoms with Crippen LogP contribution in [0.25, 0.3) is 21.5 Å². The summed E-state index contributed by atoms with van der Waals surface area (Å²) in [5, 5.41) is 7.88. The molecule has 1 amide bonds. The monoisotopic (exact) mass is 333 g/mol. The van der Waals surface area contributed by atoms with E-state index in [9.17, 15) is 4.79 Å². The van der Waals surface area contributed by atoms with Gasteiger partial charge in [-0.2, -0.15) is 9.47 Å². The fraction of sp³-hybridized carbons (Fsp3) is 0.286. The van der Waals surface area contributed by atoms with Crippen LogP contribution in [0.4, 0.5) is 0 Å². The molecule has 0 bridgehead atoms. The average Bonchev–Trinajstić information content (AvgIpc) is 3.01. The number of hydrogen-bond acceptors (Lipinski definition) is 5. The molecule has 8 heteroatoms. The lowest BCUT2D eigenvalue weighted by atomic mass is 10.0. The molecule has 0 saturated carbocycles. The van der Waals surface area contributed by atoms with Crippen molar-refractivity contribution in [3.63, 3.8) is 0 Å². The Labute approximate surface area is 135 Å². The Bertz CT molecular complexity index is 913. The third-order valence-electron chi connectivity index (χ3n) is 3.61. The van der Waals surface area contributed by atoms with Gasteiger partial charge in [-0.05, 0) is 31.4 Å². The van der Waals surface area contributed by atoms with Gasteiger partial charge < -0.3 is 5.32 Å². The Balaban J connectivity index is 1.95. The number of rotatable bonds is 1. The van der Waals surface area contributed by atoms with E-state index in [0.717, 1.165) is 15.8 Å². The molecule has 0 atom stereocenters. The van der Waals surface area contributed by atoms with Gasteiger partial charge in [0.1, 0.15) is 16.9 Å². The summed E-state index contributed by atoms with van der Waals surface area (Å²) < 4.78 is 6.76. The van der Waals surface area contributed by atoms with Crippen LogP contribution in [0.2, 0.25) is 5.02 Å². The van der Waals surface area contributed by atoms with Crippen LogP contribution in [-0.2, 0) is 6.54 Å². The molecule has 4 heterocycles. The van der Waals surface area contributed by atoms with Crippen molar-refractivity contribution in [2.45, 2.75) is 25.9 Å². The predicted molar refractivity (Wildman–Crippen MR) is 85.2 cm³/mol. The zero-order chi connectivity index (χ0) is 15.5. The van der Waals surface area contributed by atoms with Crippen LogP contribution < -0.4 is 5.32 Å². The molecule has 0 aliphatic carbocycles. The SMILES string of the molecule is CC1(C)Cn2nc(-c3ccnc4cnsc34)c(Cl)c2C(=O)N1. The minimum absolute atomic E-state index is 0.199. The van der Waals surface area contributed by atoms with Crippen molar-refractivity contribution in [3.05, 3.63) is 29.2 Å². The maximum absolute atomic E-state index is 12.3. The number of nitrogens with zero attached hydrogens (tertiary/aromatic N) is 4. The highest BCUT2D eigenvalue weighted by atomic mass is 35.5. The summed E-state index contributed by atoms with van der Waals surface area (Å²) >= 11 is 7.79. The van der Waals surface area contributed by atoms with Crippen LogP contribution in [0.15, 0.2) is 18.5 Å². The number of aromatic nitrogens is 4. The highest BCUT2D eigenvalue weighted by molar-refractivity contribution is 7.13. The second kappa shape index (κ2) is 4.50. The number of nitrogens with one attached hydrogen (secondary N) is 1. The van der Waals surface area contributed by atoms with Gasteiger partial charge in [0.2, 0.25) is 0 Å². The molecule has 4 rings (SSSR count). The number of carbonyl (C=O) groups excluding carboxylic acids is 1. The molecule has 112 valence electrons. The van der Waals surface area contributed by atoms with Crippen LogP contribution in [0.1, 0.15) is 24.3 Å². The van der Waals surface area contributed by atoms with Gasteiger partial charge in [0.05, 0.1) is 28.0 Å². The molecule has 0 aromatic carbocycles. The minimum Gasteiger partial charge on any atom is -0.344 e. The summed E-state index contributed by atoms with van der Waals surface area (Å²) in [6, 6.07) is 1.85. The highest BCUT2D eigenvalue weighted by Crippen LogP contribution is 2.36. The Kier molecular flexibility index (Phi) is 2.79. The number of hydrogen-bond donors (Lipinski definition) is 1. The topological polar surface area (TPSA) is 72.7 Å². The molecule has 1 aliphatic rings. The maximum Gasteiger partial charge on any atom is 0.271 e. The van der Waals surface area contributed by atoms with E-state index in [0.29, 0.717) is 23.0 Å². The third kappa shape index (κ3) is 1.93. The van der Waals surface area contributed by atoms with Crippen molar-refractivity contribution in [2.75, 3.05) is 0 Å². The van der Waals surface area contributed by atoms with Gasteiger partial charge in [0.15, 0.2) is 0 Å². The van der Waals surface area contributed by atoms with Crippen molar-refractivity contribution in [2.24, 2.45) is 0 Å². The Morgan fingerprint density at radius 2 is 2.27 bits per heavy atom. The van der Waals surface area contributed by atoms with E-state index in [2.05, 4.69) is 19.8 Å². The van der Waals surface area contributed by atoms with Crippen LogP contribution in [0.3, 0.4) is 0 Å². The van der Waals surface area contributed by atoms with Gasteiger partial charge in [0, 0.05) is 11.8 Å². The summed E-state index contributed by atoms with van der Waals surface area (Å²) in [5.74, 6) is -0.199. The van der Waals surface area contributed by atoms with Crippen LogP contribution >= 0.6 is 23.1 Å². The number of pyridine rings is 1. The minimum atomic E-state index is -0.352. The summed E-state index contributed by atoms with van der Waals surface area (Å²) in [7, 11) is 0. The van der Waals surface area contributed by atoms with Crippen molar-refractivity contribution in [3.8, 4) is 11.3 Å². The lowest BCUT2D eigenvalue weighted by molar-refractivity contribution is 0.0855. The van der Waals surface area contributed by atoms with Gasteiger partial charge in [-0.1, -0.05) is 11.6 Å². The zero-order valence-electron chi connectivity index (χ0n) is 11.9. The molecule has 6 nitrogen and oxygen atoms in total. The van der Waals surface area contributed by atoms with Gasteiger partial charge in [0.25, 0.3) is 5.91 Å². The third-order valence-corrected chi connectivity index (χ3v) is 4.79. The first kappa shape index (κ1) is 13.7. The molecule has 0 unspecified atom stereocenters. The van der Waals surface area contributed by atoms with Crippen molar-refractivity contribution in [1.82, 2.24) is 24.5 Å². The van der Waals surface area contributed by atoms with Crippen molar-refractivity contribution < 1.29 is 4.79 Å². The first-order valence-corrected chi connectivity index (χ1v) is 7.90. The summed E-state index contributed by atoms with van der Waals surface area (Å²) in [6.45, 7) is 4.48. The zero-order valence-corrected chi connectivity index (χ0v) is 13.5. The molecule has 3 aromatic rings. The molecule has 22 heavy (non-hydrogen) atoms. The van der Waals surface area contributed by atoms with Gasteiger partial charge >= 0.3 is 0 Å². The Morgan fingerprint density at radius 3 is 3.09 bits per heavy atom. The summed E-state index contributed by atoms with van der Waals surface area (Å²) in [5.41, 5.74) is 2.31. The predicted octanol–water partition coefficient (Wildman–Crippen LogP) is 2.73. The smallest absolute Gasteiger partial charge is 0.271 e. The molecule has 1 N–H and O–H groups in total. The molecule has 0 radical (unpaired) electrons. The first-order valence-electron chi connectivity index (χ1n) is 6.75. The molecule has 3 aromatic heterocycles. The molecule has 0 spiro atoms. The van der Waals surface area contributed by atoms with Crippen LogP contribution in [0, 0.1) is 0 Å². The van der Waals surface area contributed by atoms with Crippen molar-refractivity contribution in [1.29, 1.82) is 0 Å². The summed E-state index contributed by atoms with van der Waals surface area (Å²) in [4.78, 5) is 16.6. The van der Waals surface area contributed by atoms with E-state index in [1.165, 1.54) is 11.5 Å². The van der Waals surface area contributed by atoms with Gasteiger partial charge in [-0.25, -0.2) is 0 Å². The molecular weight excluding hydrogens is 322 g/mol. The molecular formula is C14H12ClN5OS. The lowest BCUT2D eigenvalue weighted by Gasteiger charge is -2.31. The number of amides is 1. The van der Waals surface area contributed by atoms with Crippen molar-refractivity contribution >= 4 is 39.3 Å². The number of fused-ring (bicyclic) bond motifs is 2. The van der Waals surface area contributed by atoms with Gasteiger partial charge in [-0.15, -0.1) is 0 Å². The normalized spacial score (nSPS) is 16.6. The average molecular weight is 334 g/mol. The standard InChI is InChI=1S/C14H12ClN5OS/c1-14(2)6-20-11(13(21)18-14)9(15)10(19-20)7-3-4-16-8-5-17-22-12(7)8/h3-5H,6H2,1-2H3,(H,18,21). The maximum atomic E-state index is 12.3. The molecule has 1 aliphatic heterocycles. The quantitative estimate of drug-likeness (QED) is 0.743. The molecule has 0 fully saturated rings. The number of carbonyl (C=O) groups is 1. The lowest BCUT2D eigenvalue weighted by Crippen LogP contribution is -2.51. The largest absolute Gasteiger partial charge is 0.344 e. The fourth-order valence-electron chi connectivity index (χ4n) is 2.69. The highest BCUT2D eigenvalue weighted by Gasteiger charge is 2.34. The van der Waals surface area contributed by atoms with E-state index in [4.69, 9.17) is 11.6 Å². The summed E-state index contributed by atoms with van der Waals surface area (Å²) in [6.07, 6.45) is 3.41. The molecule has 0 saturated heterocycles. The Hall–Kier alpha value is -1.99. The van der Waals surface area contributed by atoms with E-state index in [1.807, 2.05) is 19.9 Å². The van der Waals surface area contributed by atoms with Crippen LogP contribution in [0.5, 0.6) is 0 Å². The first-order chi connectivity index (χ1) is 10.5. The number of halogens is 1. The van der Waals surface area contributed by atoms with E-state index in [-0.39, 0.29) is 11.4 Å². The van der Waals surface area contributed by atoms with Crippen LogP contribution in [-0.4, -0.2) is 30.6 Å². The Morgan fingerprint density at radius 1 is 1.45 bits per heavy atom. The van der Waals surface area contributed by atoms with E-state index in [1.54, 1.807) is 17.1 Å². The second-order valence-electron chi connectivity index (χ2n) is 5.91. The second-order valence-corrected chi connectivity index (χ2v) is 7.09. The van der Waals surface area contributed by atoms with E-state index >= 15 is 0 Å². The van der Waals surface area contributed by atoms with Gasteiger partial charge in [-0.3, -0.25) is 14.5 Å².